The Hall–Kier alpha value is -3.31. The molecule has 11 heteroatoms. The number of ketones is 1. The number of H-pyrrole nitrogens is 1. The van der Waals surface area contributed by atoms with Crippen LogP contribution in [0.3, 0.4) is 0 Å². The maximum atomic E-state index is 13.0. The summed E-state index contributed by atoms with van der Waals surface area (Å²) in [5, 5.41) is 6.76. The molecule has 0 aliphatic heterocycles. The number of aromatic amines is 1. The van der Waals surface area contributed by atoms with E-state index in [9.17, 15) is 9.59 Å². The molecule has 3 aromatic heterocycles. The van der Waals surface area contributed by atoms with Gasteiger partial charge in [0.15, 0.2) is 16.6 Å². The molecule has 168 valence electrons. The summed E-state index contributed by atoms with van der Waals surface area (Å²) in [5.74, 6) is 0.145. The fourth-order valence-corrected chi connectivity index (χ4v) is 5.74. The number of fused-ring (bicyclic) bond motifs is 1. The van der Waals surface area contributed by atoms with E-state index >= 15 is 0 Å². The zero-order valence-corrected chi connectivity index (χ0v) is 19.4. The van der Waals surface area contributed by atoms with Crippen LogP contribution in [0.1, 0.15) is 41.6 Å². The van der Waals surface area contributed by atoms with Gasteiger partial charge in [-0.3, -0.25) is 10.1 Å². The third-order valence-corrected chi connectivity index (χ3v) is 7.52. The van der Waals surface area contributed by atoms with Gasteiger partial charge in [0.1, 0.15) is 16.9 Å². The summed E-state index contributed by atoms with van der Waals surface area (Å²) in [6.45, 7) is 1.94. The minimum atomic E-state index is -0.441. The van der Waals surface area contributed by atoms with Gasteiger partial charge in [-0.15, -0.1) is 0 Å². The maximum absolute atomic E-state index is 13.0. The van der Waals surface area contributed by atoms with Crippen molar-refractivity contribution in [2.75, 3.05) is 10.6 Å². The van der Waals surface area contributed by atoms with Crippen LogP contribution in [0.15, 0.2) is 46.3 Å². The summed E-state index contributed by atoms with van der Waals surface area (Å²) >= 11 is 2.74. The first kappa shape index (κ1) is 21.5. The molecule has 1 fully saturated rings. The number of urea groups is 1. The number of hydrogen-bond donors (Lipinski definition) is 3. The number of aromatic nitrogens is 5. The van der Waals surface area contributed by atoms with Crippen molar-refractivity contribution >= 4 is 56.9 Å². The Bertz CT molecular complexity index is 1330. The summed E-state index contributed by atoms with van der Waals surface area (Å²) in [6, 6.07) is 5.08. The number of nitrogens with one attached hydrogen (secondary N) is 3. The number of benzene rings is 1. The zero-order chi connectivity index (χ0) is 22.8. The van der Waals surface area contributed by atoms with Crippen molar-refractivity contribution < 1.29 is 9.59 Å². The second kappa shape index (κ2) is 9.28. The van der Waals surface area contributed by atoms with Gasteiger partial charge in [0.2, 0.25) is 0 Å². The van der Waals surface area contributed by atoms with Gasteiger partial charge in [0.25, 0.3) is 0 Å². The highest BCUT2D eigenvalue weighted by atomic mass is 32.2. The van der Waals surface area contributed by atoms with Gasteiger partial charge in [-0.05, 0) is 31.9 Å². The lowest BCUT2D eigenvalue weighted by Gasteiger charge is -2.14. The largest absolute Gasteiger partial charge is 0.341 e. The Labute approximate surface area is 197 Å². The van der Waals surface area contributed by atoms with Gasteiger partial charge in [-0.2, -0.15) is 0 Å². The monoisotopic (exact) mass is 479 g/mol. The Kier molecular flexibility index (Phi) is 6.05. The summed E-state index contributed by atoms with van der Waals surface area (Å²) in [5.41, 5.74) is 3.42. The lowest BCUT2D eigenvalue weighted by Crippen LogP contribution is -2.22. The highest BCUT2D eigenvalue weighted by Gasteiger charge is 2.26. The normalized spacial score (nSPS) is 14.0. The van der Waals surface area contributed by atoms with Crippen LogP contribution >= 0.6 is 23.1 Å². The van der Waals surface area contributed by atoms with Crippen LogP contribution in [0.25, 0.3) is 11.2 Å². The molecule has 3 heterocycles. The Morgan fingerprint density at radius 3 is 2.82 bits per heavy atom. The minimum Gasteiger partial charge on any atom is -0.341 e. The van der Waals surface area contributed by atoms with E-state index in [0.29, 0.717) is 22.0 Å². The van der Waals surface area contributed by atoms with Gasteiger partial charge in [0.05, 0.1) is 22.4 Å². The molecule has 1 aliphatic rings. The molecular formula is C22H21N7O2S2. The lowest BCUT2D eigenvalue weighted by molar-refractivity contribution is 0.0923. The average molecular weight is 480 g/mol. The molecule has 0 bridgehead atoms. The molecule has 2 amide bonds. The molecule has 4 aromatic rings. The molecule has 33 heavy (non-hydrogen) atoms. The summed E-state index contributed by atoms with van der Waals surface area (Å²) in [6.07, 6.45) is 8.70. The van der Waals surface area contributed by atoms with Crippen molar-refractivity contribution in [1.82, 2.24) is 24.9 Å². The highest BCUT2D eigenvalue weighted by molar-refractivity contribution is 8.01. The smallest absolute Gasteiger partial charge is 0.325 e. The summed E-state index contributed by atoms with van der Waals surface area (Å²) in [7, 11) is 0. The quantitative estimate of drug-likeness (QED) is 0.253. The average Bonchev–Trinajstić information content (AvgIpc) is 3.57. The minimum absolute atomic E-state index is 0.0390. The molecule has 3 N–H and O–H groups in total. The van der Waals surface area contributed by atoms with Crippen molar-refractivity contribution in [1.29, 1.82) is 0 Å². The number of imidazole rings is 1. The van der Waals surface area contributed by atoms with Gasteiger partial charge >= 0.3 is 6.03 Å². The van der Waals surface area contributed by atoms with Gasteiger partial charge in [0, 0.05) is 11.5 Å². The predicted octanol–water partition coefficient (Wildman–Crippen LogP) is 5.29. The number of carbonyl (C=O) groups excluding carboxylic acids is 2. The van der Waals surface area contributed by atoms with E-state index in [4.69, 9.17) is 0 Å². The first-order valence-electron chi connectivity index (χ1n) is 10.6. The molecule has 0 spiro atoms. The fraction of sp³-hybridized carbons (Fsp3) is 0.273. The van der Waals surface area contributed by atoms with Crippen molar-refractivity contribution in [2.45, 2.75) is 41.8 Å². The standard InChI is InChI=1S/C22H21N7O2S2/c1-12-6-7-15(14(8-12)18(30)13-4-2-3-5-13)28-21(31)29-22-23-9-16(33-22)32-20-17-19(25-10-24-17)26-11-27-20/h6-11,13H,2-5H2,1H3,(H2,23,28,29,31)(H,24,25,26,27). The number of anilines is 2. The SMILES string of the molecule is Cc1ccc(NC(=O)Nc2ncc(Sc3ncnc4nc[nH]c34)s2)c(C(=O)C2CCCC2)c1. The molecule has 0 unspecified atom stereocenters. The van der Waals surface area contributed by atoms with E-state index in [-0.39, 0.29) is 11.7 Å². The third-order valence-electron chi connectivity index (χ3n) is 5.51. The Morgan fingerprint density at radius 2 is 1.97 bits per heavy atom. The second-order valence-corrected chi connectivity index (χ2v) is 10.2. The molecule has 0 atom stereocenters. The van der Waals surface area contributed by atoms with Gasteiger partial charge in [-0.25, -0.2) is 24.7 Å². The number of hydrogen-bond acceptors (Lipinski definition) is 8. The molecule has 1 saturated carbocycles. The topological polar surface area (TPSA) is 126 Å². The lowest BCUT2D eigenvalue weighted by atomic mass is 9.94. The fourth-order valence-electron chi connectivity index (χ4n) is 3.91. The molecule has 1 aromatic carbocycles. The molecule has 0 radical (unpaired) electrons. The van der Waals surface area contributed by atoms with E-state index < -0.39 is 6.03 Å². The molecule has 9 nitrogen and oxygen atoms in total. The van der Waals surface area contributed by atoms with E-state index in [1.807, 2.05) is 19.1 Å². The zero-order valence-electron chi connectivity index (χ0n) is 17.8. The highest BCUT2D eigenvalue weighted by Crippen LogP contribution is 2.35. The first-order valence-corrected chi connectivity index (χ1v) is 12.2. The number of amides is 2. The molecule has 5 rings (SSSR count). The van der Waals surface area contributed by atoms with Crippen LogP contribution < -0.4 is 10.6 Å². The second-order valence-electron chi connectivity index (χ2n) is 7.84. The Balaban J connectivity index is 1.27. The van der Waals surface area contributed by atoms with Gasteiger partial charge < -0.3 is 10.3 Å². The maximum Gasteiger partial charge on any atom is 0.325 e. The van der Waals surface area contributed by atoms with Crippen molar-refractivity contribution in [3.8, 4) is 0 Å². The number of rotatable bonds is 6. The van der Waals surface area contributed by atoms with Crippen LogP contribution in [0.4, 0.5) is 15.6 Å². The van der Waals surface area contributed by atoms with Gasteiger partial charge in [-0.1, -0.05) is 47.6 Å². The van der Waals surface area contributed by atoms with Crippen LogP contribution in [0.5, 0.6) is 0 Å². The van der Waals surface area contributed by atoms with Crippen LogP contribution in [-0.2, 0) is 0 Å². The molecular weight excluding hydrogens is 458 g/mol. The van der Waals surface area contributed by atoms with E-state index in [0.717, 1.165) is 46.0 Å². The van der Waals surface area contributed by atoms with Crippen molar-refractivity contribution in [2.24, 2.45) is 5.92 Å². The number of thiazole rings is 1. The van der Waals surface area contributed by atoms with Crippen LogP contribution in [-0.4, -0.2) is 36.7 Å². The predicted molar refractivity (Wildman–Crippen MR) is 128 cm³/mol. The molecule has 1 aliphatic carbocycles. The third kappa shape index (κ3) is 4.74. The number of nitrogens with zero attached hydrogens (tertiary/aromatic N) is 4. The first-order chi connectivity index (χ1) is 16.1. The van der Waals surface area contributed by atoms with E-state index in [1.54, 1.807) is 18.6 Å². The summed E-state index contributed by atoms with van der Waals surface area (Å²) < 4.78 is 0.854. The molecule has 0 saturated heterocycles. The van der Waals surface area contributed by atoms with Crippen molar-refractivity contribution in [3.63, 3.8) is 0 Å². The number of Topliss-reactive ketones (excluding diaryl/α,β-unsaturated/α-hetero) is 1. The van der Waals surface area contributed by atoms with Crippen LogP contribution in [0, 0.1) is 12.8 Å². The number of aryl methyl sites for hydroxylation is 1. The summed E-state index contributed by atoms with van der Waals surface area (Å²) in [4.78, 5) is 45.5. The number of carbonyl (C=O) groups is 2. The van der Waals surface area contributed by atoms with Crippen molar-refractivity contribution in [3.05, 3.63) is 48.2 Å². The Morgan fingerprint density at radius 1 is 1.12 bits per heavy atom. The van der Waals surface area contributed by atoms with Crippen LogP contribution in [0.2, 0.25) is 0 Å². The van der Waals surface area contributed by atoms with E-state index in [1.165, 1.54) is 29.4 Å². The van der Waals surface area contributed by atoms with E-state index in [2.05, 4.69) is 35.6 Å².